The molecule has 0 unspecified atom stereocenters. The Bertz CT molecular complexity index is 859. The minimum absolute atomic E-state index is 0.111. The number of carboxylic acids is 2. The molecule has 0 aromatic rings. The summed E-state index contributed by atoms with van der Waals surface area (Å²) in [5.74, 6) is -5.55. The van der Waals surface area contributed by atoms with Gasteiger partial charge in [-0.1, -0.05) is 13.8 Å². The van der Waals surface area contributed by atoms with Gasteiger partial charge in [0.15, 0.2) is 5.96 Å². The second-order valence-electron chi connectivity index (χ2n) is 8.70. The van der Waals surface area contributed by atoms with Gasteiger partial charge in [0.2, 0.25) is 24.1 Å². The van der Waals surface area contributed by atoms with Crippen LogP contribution >= 0.6 is 0 Å². The van der Waals surface area contributed by atoms with E-state index in [4.69, 9.17) is 11.5 Å². The van der Waals surface area contributed by atoms with Crippen molar-refractivity contribution in [3.63, 3.8) is 0 Å². The quantitative estimate of drug-likeness (QED) is 0.0517. The van der Waals surface area contributed by atoms with Gasteiger partial charge in [0.05, 0.1) is 6.42 Å². The monoisotopic (exact) mass is 513 g/mol. The first-order chi connectivity index (χ1) is 16.9. The third kappa shape index (κ3) is 9.38. The molecular formula is C21H35N7O8. The van der Waals surface area contributed by atoms with Crippen molar-refractivity contribution in [2.45, 2.75) is 70.1 Å². The fourth-order valence-corrected chi connectivity index (χ4v) is 3.79. The molecule has 1 saturated heterocycles. The molecule has 1 aliphatic heterocycles. The number of nitrogens with one attached hydrogen (secondary N) is 3. The zero-order chi connectivity index (χ0) is 27.4. The van der Waals surface area contributed by atoms with Crippen molar-refractivity contribution < 1.29 is 39.0 Å². The lowest BCUT2D eigenvalue weighted by atomic mass is 10.0. The van der Waals surface area contributed by atoms with E-state index in [1.165, 1.54) is 4.90 Å². The summed E-state index contributed by atoms with van der Waals surface area (Å²) in [4.78, 5) is 77.5. The summed E-state index contributed by atoms with van der Waals surface area (Å²) in [7, 11) is 0. The van der Waals surface area contributed by atoms with Crippen LogP contribution in [0.25, 0.3) is 0 Å². The van der Waals surface area contributed by atoms with Gasteiger partial charge in [0, 0.05) is 13.1 Å². The van der Waals surface area contributed by atoms with Gasteiger partial charge < -0.3 is 42.5 Å². The van der Waals surface area contributed by atoms with E-state index in [0.29, 0.717) is 19.3 Å². The average Bonchev–Trinajstić information content (AvgIpc) is 3.27. The normalized spacial score (nSPS) is 17.4. The third-order valence-corrected chi connectivity index (χ3v) is 5.59. The Kier molecular flexibility index (Phi) is 12.1. The van der Waals surface area contributed by atoms with Crippen molar-refractivity contribution in [3.8, 4) is 0 Å². The number of likely N-dealkylation sites (tertiary alicyclic amines) is 1. The maximum atomic E-state index is 13.1. The summed E-state index contributed by atoms with van der Waals surface area (Å²) in [6.07, 6.45) is 0.884. The van der Waals surface area contributed by atoms with E-state index in [1.807, 2.05) is 0 Å². The van der Waals surface area contributed by atoms with Gasteiger partial charge in [-0.05, 0) is 31.6 Å². The average molecular weight is 514 g/mol. The molecule has 0 spiro atoms. The SMILES string of the molecule is CC(C)[C@H](NC(=O)[C@H](CC(=O)O)NC(=O)[C@@H]1CCCN1C(=O)[C@H](CCCN=C(N)N)NC=O)C(=O)O. The number of nitrogens with two attached hydrogens (primary N) is 2. The van der Waals surface area contributed by atoms with Crippen molar-refractivity contribution in [1.82, 2.24) is 20.9 Å². The van der Waals surface area contributed by atoms with Crippen LogP contribution < -0.4 is 27.4 Å². The summed E-state index contributed by atoms with van der Waals surface area (Å²) in [5, 5.41) is 25.5. The molecule has 0 aromatic carbocycles. The topological polar surface area (TPSA) is 247 Å². The highest BCUT2D eigenvalue weighted by molar-refractivity contribution is 5.96. The molecule has 202 valence electrons. The van der Waals surface area contributed by atoms with Gasteiger partial charge in [-0.15, -0.1) is 0 Å². The van der Waals surface area contributed by atoms with Crippen LogP contribution in [0, 0.1) is 5.92 Å². The molecule has 1 heterocycles. The highest BCUT2D eigenvalue weighted by Crippen LogP contribution is 2.20. The number of aliphatic carboxylic acids is 2. The van der Waals surface area contributed by atoms with Crippen LogP contribution in [0.5, 0.6) is 0 Å². The molecule has 15 nitrogen and oxygen atoms in total. The highest BCUT2D eigenvalue weighted by atomic mass is 16.4. The molecule has 36 heavy (non-hydrogen) atoms. The number of carboxylic acid groups (broad SMARTS) is 2. The number of carbonyl (C=O) groups is 6. The highest BCUT2D eigenvalue weighted by Gasteiger charge is 2.39. The third-order valence-electron chi connectivity index (χ3n) is 5.59. The Morgan fingerprint density at radius 2 is 1.78 bits per heavy atom. The Balaban J connectivity index is 2.96. The van der Waals surface area contributed by atoms with Gasteiger partial charge >= 0.3 is 11.9 Å². The first-order valence-corrected chi connectivity index (χ1v) is 11.5. The van der Waals surface area contributed by atoms with Crippen LogP contribution in [0.3, 0.4) is 0 Å². The predicted octanol–water partition coefficient (Wildman–Crippen LogP) is -2.67. The Morgan fingerprint density at radius 3 is 2.31 bits per heavy atom. The molecular weight excluding hydrogens is 478 g/mol. The Labute approximate surface area is 208 Å². The van der Waals surface area contributed by atoms with E-state index in [2.05, 4.69) is 20.9 Å². The molecule has 15 heteroatoms. The second kappa shape index (κ2) is 14.5. The zero-order valence-electron chi connectivity index (χ0n) is 20.3. The molecule has 1 fully saturated rings. The van der Waals surface area contributed by atoms with Gasteiger partial charge in [0.25, 0.3) is 0 Å². The lowest BCUT2D eigenvalue weighted by Gasteiger charge is -2.29. The summed E-state index contributed by atoms with van der Waals surface area (Å²) >= 11 is 0. The van der Waals surface area contributed by atoms with Gasteiger partial charge in [-0.2, -0.15) is 0 Å². The lowest BCUT2D eigenvalue weighted by Crippen LogP contribution is -2.57. The van der Waals surface area contributed by atoms with Crippen LogP contribution in [0.4, 0.5) is 0 Å². The standard InChI is InChI=1S/C21H35N7O8/c1-11(2)16(20(35)36)27-17(32)13(9-15(30)31)26-18(33)14-6-4-8-28(14)19(34)12(25-10-29)5-3-7-24-21(22)23/h10-14,16H,3-9H2,1-2H3,(H,25,29)(H,26,33)(H,27,32)(H,30,31)(H,35,36)(H4,22,23,24)/t12-,13-,14-,16-/m0/s1. The minimum Gasteiger partial charge on any atom is -0.481 e. The van der Waals surface area contributed by atoms with E-state index in [9.17, 15) is 39.0 Å². The number of guanidine groups is 1. The summed E-state index contributed by atoms with van der Waals surface area (Å²) < 4.78 is 0. The van der Waals surface area contributed by atoms with Gasteiger partial charge in [0.1, 0.15) is 24.2 Å². The maximum absolute atomic E-state index is 13.1. The molecule has 0 radical (unpaired) electrons. The first kappa shape index (κ1) is 30.1. The van der Waals surface area contributed by atoms with Crippen molar-refractivity contribution >= 4 is 42.0 Å². The largest absolute Gasteiger partial charge is 0.481 e. The Hall–Kier alpha value is -3.91. The fraction of sp³-hybridized carbons (Fsp3) is 0.667. The van der Waals surface area contributed by atoms with Crippen LogP contribution in [0.1, 0.15) is 46.0 Å². The number of hydrogen-bond acceptors (Lipinski definition) is 7. The smallest absolute Gasteiger partial charge is 0.326 e. The lowest BCUT2D eigenvalue weighted by molar-refractivity contribution is -0.145. The van der Waals surface area contributed by atoms with E-state index < -0.39 is 66.2 Å². The first-order valence-electron chi connectivity index (χ1n) is 11.5. The van der Waals surface area contributed by atoms with Crippen LogP contribution in [0.15, 0.2) is 4.99 Å². The predicted molar refractivity (Wildman–Crippen MR) is 126 cm³/mol. The number of hydrogen-bond donors (Lipinski definition) is 7. The van der Waals surface area contributed by atoms with Crippen LogP contribution in [-0.4, -0.2) is 94.4 Å². The molecule has 0 aliphatic carbocycles. The number of carbonyl (C=O) groups excluding carboxylic acids is 4. The van der Waals surface area contributed by atoms with Gasteiger partial charge in [-0.25, -0.2) is 4.79 Å². The van der Waals surface area contributed by atoms with E-state index in [-0.39, 0.29) is 31.9 Å². The number of aliphatic imine (C=N–C) groups is 1. The van der Waals surface area contributed by atoms with Crippen molar-refractivity contribution in [1.29, 1.82) is 0 Å². The minimum atomic E-state index is -1.56. The molecule has 4 atom stereocenters. The van der Waals surface area contributed by atoms with E-state index in [0.717, 1.165) is 0 Å². The van der Waals surface area contributed by atoms with E-state index in [1.54, 1.807) is 13.8 Å². The maximum Gasteiger partial charge on any atom is 0.326 e. The van der Waals surface area contributed by atoms with E-state index >= 15 is 0 Å². The molecule has 1 aliphatic rings. The molecule has 9 N–H and O–H groups in total. The molecule has 0 saturated carbocycles. The molecule has 0 aromatic heterocycles. The fourth-order valence-electron chi connectivity index (χ4n) is 3.79. The van der Waals surface area contributed by atoms with Crippen molar-refractivity contribution in [3.05, 3.63) is 0 Å². The van der Waals surface area contributed by atoms with Crippen LogP contribution in [0.2, 0.25) is 0 Å². The molecule has 4 amide bonds. The van der Waals surface area contributed by atoms with Crippen molar-refractivity contribution in [2.24, 2.45) is 22.4 Å². The summed E-state index contributed by atoms with van der Waals surface area (Å²) in [5.41, 5.74) is 10.5. The second-order valence-corrected chi connectivity index (χ2v) is 8.70. The van der Waals surface area contributed by atoms with Crippen LogP contribution in [-0.2, 0) is 28.8 Å². The zero-order valence-corrected chi connectivity index (χ0v) is 20.3. The number of nitrogens with zero attached hydrogens (tertiary/aromatic N) is 2. The summed E-state index contributed by atoms with van der Waals surface area (Å²) in [6.45, 7) is 3.57. The summed E-state index contributed by atoms with van der Waals surface area (Å²) in [6, 6.07) is -4.79. The molecule has 0 bridgehead atoms. The number of amides is 4. The Morgan fingerprint density at radius 1 is 1.11 bits per heavy atom. The van der Waals surface area contributed by atoms with Gasteiger partial charge in [-0.3, -0.25) is 29.0 Å². The molecule has 1 rings (SSSR count). The van der Waals surface area contributed by atoms with Crippen molar-refractivity contribution in [2.75, 3.05) is 13.1 Å². The number of rotatable bonds is 15.